The van der Waals surface area contributed by atoms with Gasteiger partial charge in [0.2, 0.25) is 0 Å². The first-order valence-corrected chi connectivity index (χ1v) is 8.29. The van der Waals surface area contributed by atoms with Crippen molar-refractivity contribution >= 4 is 0 Å². The van der Waals surface area contributed by atoms with Gasteiger partial charge in [0.25, 0.3) is 0 Å². The standard InChI is InChI=1S/C19H33NO/c1-6-15-20-17(18(21-5)19(2,3)4)14-10-13-16-11-8-7-9-12-16/h7-9,11-12,17-18,20H,6,10,13-15H2,1-5H3. The Balaban J connectivity index is 2.56. The third-order valence-corrected chi connectivity index (χ3v) is 3.95. The molecule has 1 aromatic carbocycles. The minimum Gasteiger partial charge on any atom is -0.379 e. The van der Waals surface area contributed by atoms with Crippen molar-refractivity contribution in [3.05, 3.63) is 35.9 Å². The molecule has 2 heteroatoms. The minimum atomic E-state index is 0.160. The van der Waals surface area contributed by atoms with Crippen molar-refractivity contribution in [1.29, 1.82) is 0 Å². The van der Waals surface area contributed by atoms with E-state index in [4.69, 9.17) is 4.74 Å². The zero-order valence-electron chi connectivity index (χ0n) is 14.5. The first-order valence-electron chi connectivity index (χ1n) is 8.29. The fraction of sp³-hybridized carbons (Fsp3) is 0.684. The van der Waals surface area contributed by atoms with E-state index in [9.17, 15) is 0 Å². The van der Waals surface area contributed by atoms with Crippen molar-refractivity contribution in [3.63, 3.8) is 0 Å². The van der Waals surface area contributed by atoms with Gasteiger partial charge in [-0.15, -0.1) is 0 Å². The van der Waals surface area contributed by atoms with Gasteiger partial charge in [0.15, 0.2) is 0 Å². The maximum absolute atomic E-state index is 5.81. The van der Waals surface area contributed by atoms with Gasteiger partial charge in [-0.1, -0.05) is 58.0 Å². The molecule has 0 radical (unpaired) electrons. The van der Waals surface area contributed by atoms with Crippen LogP contribution < -0.4 is 5.32 Å². The SMILES string of the molecule is CCCNC(CCCc1ccccc1)C(OC)C(C)(C)C. The monoisotopic (exact) mass is 291 g/mol. The molecule has 0 aromatic heterocycles. The summed E-state index contributed by atoms with van der Waals surface area (Å²) in [6.07, 6.45) is 4.91. The Morgan fingerprint density at radius 3 is 2.33 bits per heavy atom. The molecule has 2 nitrogen and oxygen atoms in total. The second-order valence-corrected chi connectivity index (χ2v) is 6.96. The predicted octanol–water partition coefficient (Wildman–Crippen LogP) is 4.44. The van der Waals surface area contributed by atoms with Crippen molar-refractivity contribution in [1.82, 2.24) is 5.32 Å². The molecule has 1 aromatic rings. The largest absolute Gasteiger partial charge is 0.379 e. The van der Waals surface area contributed by atoms with Crippen LogP contribution in [0.2, 0.25) is 0 Å². The molecule has 0 aliphatic carbocycles. The van der Waals surface area contributed by atoms with Crippen molar-refractivity contribution in [2.75, 3.05) is 13.7 Å². The molecule has 2 atom stereocenters. The summed E-state index contributed by atoms with van der Waals surface area (Å²) in [7, 11) is 1.84. The smallest absolute Gasteiger partial charge is 0.0772 e. The molecule has 0 fully saturated rings. The van der Waals surface area contributed by atoms with E-state index in [2.05, 4.69) is 63.3 Å². The predicted molar refractivity (Wildman–Crippen MR) is 91.7 cm³/mol. The van der Waals surface area contributed by atoms with E-state index >= 15 is 0 Å². The highest BCUT2D eigenvalue weighted by atomic mass is 16.5. The fourth-order valence-corrected chi connectivity index (χ4v) is 2.98. The third-order valence-electron chi connectivity index (χ3n) is 3.95. The van der Waals surface area contributed by atoms with E-state index in [1.54, 1.807) is 0 Å². The molecule has 0 aliphatic rings. The van der Waals surface area contributed by atoms with Gasteiger partial charge in [0.05, 0.1) is 6.10 Å². The Bertz CT molecular complexity index is 369. The molecule has 0 spiro atoms. The molecule has 1 N–H and O–H groups in total. The zero-order chi connectivity index (χ0) is 15.7. The lowest BCUT2D eigenvalue weighted by atomic mass is 9.82. The average molecular weight is 291 g/mol. The average Bonchev–Trinajstić information content (AvgIpc) is 2.44. The molecule has 2 unspecified atom stereocenters. The van der Waals surface area contributed by atoms with Crippen LogP contribution in [-0.2, 0) is 11.2 Å². The summed E-state index contributed by atoms with van der Waals surface area (Å²) in [5.74, 6) is 0. The Kier molecular flexibility index (Phi) is 7.98. The van der Waals surface area contributed by atoms with Crippen LogP contribution in [0.5, 0.6) is 0 Å². The molecule has 0 amide bonds. The van der Waals surface area contributed by atoms with Crippen molar-refractivity contribution in [2.45, 2.75) is 65.5 Å². The fourth-order valence-electron chi connectivity index (χ4n) is 2.98. The summed E-state index contributed by atoms with van der Waals surface area (Å²) < 4.78 is 5.81. The lowest BCUT2D eigenvalue weighted by Gasteiger charge is -2.36. The van der Waals surface area contributed by atoms with Gasteiger partial charge in [0.1, 0.15) is 0 Å². The summed E-state index contributed by atoms with van der Waals surface area (Å²) in [6.45, 7) is 10.1. The van der Waals surface area contributed by atoms with Crippen molar-refractivity contribution < 1.29 is 4.74 Å². The number of nitrogens with one attached hydrogen (secondary N) is 1. The molecular formula is C19H33NO. The van der Waals surface area contributed by atoms with Gasteiger partial charge in [-0.3, -0.25) is 0 Å². The van der Waals surface area contributed by atoms with E-state index in [1.807, 2.05) is 7.11 Å². The molecule has 0 saturated heterocycles. The van der Waals surface area contributed by atoms with E-state index in [0.717, 1.165) is 25.8 Å². The van der Waals surface area contributed by atoms with Crippen LogP contribution in [0.15, 0.2) is 30.3 Å². The minimum absolute atomic E-state index is 0.160. The number of benzene rings is 1. The van der Waals surface area contributed by atoms with Gasteiger partial charge >= 0.3 is 0 Å². The van der Waals surface area contributed by atoms with Crippen LogP contribution in [0.25, 0.3) is 0 Å². The number of methoxy groups -OCH3 is 1. The van der Waals surface area contributed by atoms with Crippen LogP contribution in [0, 0.1) is 5.41 Å². The highest BCUT2D eigenvalue weighted by Gasteiger charge is 2.31. The van der Waals surface area contributed by atoms with E-state index in [0.29, 0.717) is 6.04 Å². The van der Waals surface area contributed by atoms with Gasteiger partial charge in [-0.05, 0) is 43.2 Å². The van der Waals surface area contributed by atoms with Crippen LogP contribution in [0.3, 0.4) is 0 Å². The van der Waals surface area contributed by atoms with Crippen LogP contribution >= 0.6 is 0 Å². The van der Waals surface area contributed by atoms with E-state index in [-0.39, 0.29) is 11.5 Å². The maximum atomic E-state index is 5.81. The van der Waals surface area contributed by atoms with Crippen molar-refractivity contribution in [2.24, 2.45) is 5.41 Å². The second kappa shape index (κ2) is 9.22. The number of hydrogen-bond donors (Lipinski definition) is 1. The Morgan fingerprint density at radius 1 is 1.14 bits per heavy atom. The summed E-state index contributed by atoms with van der Waals surface area (Å²) in [4.78, 5) is 0. The van der Waals surface area contributed by atoms with Crippen LogP contribution in [0.4, 0.5) is 0 Å². The number of rotatable bonds is 9. The number of hydrogen-bond acceptors (Lipinski definition) is 2. The quantitative estimate of drug-likeness (QED) is 0.726. The maximum Gasteiger partial charge on any atom is 0.0772 e. The highest BCUT2D eigenvalue weighted by Crippen LogP contribution is 2.26. The number of ether oxygens (including phenoxy) is 1. The lowest BCUT2D eigenvalue weighted by Crippen LogP contribution is -2.48. The molecule has 1 rings (SSSR count). The van der Waals surface area contributed by atoms with Crippen LogP contribution in [-0.4, -0.2) is 25.8 Å². The van der Waals surface area contributed by atoms with Gasteiger partial charge in [-0.2, -0.15) is 0 Å². The van der Waals surface area contributed by atoms with Gasteiger partial charge < -0.3 is 10.1 Å². The second-order valence-electron chi connectivity index (χ2n) is 6.96. The Hall–Kier alpha value is -0.860. The highest BCUT2D eigenvalue weighted by molar-refractivity contribution is 5.14. The van der Waals surface area contributed by atoms with Crippen molar-refractivity contribution in [3.8, 4) is 0 Å². The normalized spacial score (nSPS) is 14.9. The molecule has 0 saturated carbocycles. The van der Waals surface area contributed by atoms with E-state index < -0.39 is 0 Å². The Morgan fingerprint density at radius 2 is 1.81 bits per heavy atom. The summed E-state index contributed by atoms with van der Waals surface area (Å²) in [5.41, 5.74) is 1.59. The zero-order valence-corrected chi connectivity index (χ0v) is 14.5. The molecular weight excluding hydrogens is 258 g/mol. The summed E-state index contributed by atoms with van der Waals surface area (Å²) in [6, 6.07) is 11.2. The molecule has 0 heterocycles. The number of aryl methyl sites for hydroxylation is 1. The van der Waals surface area contributed by atoms with Crippen LogP contribution in [0.1, 0.15) is 52.5 Å². The first kappa shape index (κ1) is 18.2. The first-order chi connectivity index (χ1) is 9.99. The lowest BCUT2D eigenvalue weighted by molar-refractivity contribution is -0.0134. The third kappa shape index (κ3) is 6.62. The van der Waals surface area contributed by atoms with Gasteiger partial charge in [-0.25, -0.2) is 0 Å². The molecule has 0 aliphatic heterocycles. The Labute approximate surface area is 131 Å². The van der Waals surface area contributed by atoms with Gasteiger partial charge in [0, 0.05) is 13.2 Å². The van der Waals surface area contributed by atoms with E-state index in [1.165, 1.54) is 12.0 Å². The molecule has 21 heavy (non-hydrogen) atoms. The molecule has 0 bridgehead atoms. The topological polar surface area (TPSA) is 21.3 Å². The summed E-state index contributed by atoms with van der Waals surface area (Å²) >= 11 is 0. The summed E-state index contributed by atoms with van der Waals surface area (Å²) in [5, 5.41) is 3.69. The molecule has 120 valence electrons.